The first-order chi connectivity index (χ1) is 12.1. The molecule has 2 atom stereocenters. The number of likely N-dealkylation sites (N-methyl/N-ethyl adjacent to an activating group) is 1. The zero-order valence-corrected chi connectivity index (χ0v) is 14.7. The Balaban J connectivity index is 1.60. The maximum Gasteiger partial charge on any atom is 0.256 e. The van der Waals surface area contributed by atoms with Gasteiger partial charge in [-0.3, -0.25) is 9.59 Å². The summed E-state index contributed by atoms with van der Waals surface area (Å²) in [6, 6.07) is 7.96. The molecule has 1 aromatic rings. The first-order valence-corrected chi connectivity index (χ1v) is 9.13. The molecule has 6 nitrogen and oxygen atoms in total. The highest BCUT2D eigenvalue weighted by atomic mass is 16.5. The number of hydrogen-bond acceptors (Lipinski definition) is 4. The molecule has 134 valence electrons. The number of ether oxygens (including phenoxy) is 1. The lowest BCUT2D eigenvalue weighted by Crippen LogP contribution is -2.45. The standard InChI is InChI=1S/C19H25N3O3/c1-20-15-7-6-14(18(20)23)12-22(13-15)19(24)16-4-2-3-5-17(16)21-8-10-25-11-9-21/h2-5,14-15H,6-13H2,1H3/t14-,15+/m1/s1. The van der Waals surface area contributed by atoms with Crippen LogP contribution in [0.2, 0.25) is 0 Å². The molecule has 1 aromatic carbocycles. The summed E-state index contributed by atoms with van der Waals surface area (Å²) in [6.45, 7) is 4.16. The third-order valence-corrected chi connectivity index (χ3v) is 5.74. The van der Waals surface area contributed by atoms with E-state index < -0.39 is 0 Å². The van der Waals surface area contributed by atoms with E-state index in [4.69, 9.17) is 4.74 Å². The van der Waals surface area contributed by atoms with Gasteiger partial charge in [0.05, 0.1) is 24.7 Å². The van der Waals surface area contributed by atoms with E-state index in [1.54, 1.807) is 0 Å². The third kappa shape index (κ3) is 2.99. The number of piperidine rings is 1. The molecule has 6 heteroatoms. The second-order valence-electron chi connectivity index (χ2n) is 7.20. The quantitative estimate of drug-likeness (QED) is 0.810. The molecule has 0 unspecified atom stereocenters. The van der Waals surface area contributed by atoms with Crippen LogP contribution in [-0.2, 0) is 9.53 Å². The highest BCUT2D eigenvalue weighted by Crippen LogP contribution is 2.30. The fourth-order valence-electron chi connectivity index (χ4n) is 4.23. The topological polar surface area (TPSA) is 53.1 Å². The minimum absolute atomic E-state index is 0.0436. The Bertz CT molecular complexity index is 672. The Morgan fingerprint density at radius 3 is 2.68 bits per heavy atom. The van der Waals surface area contributed by atoms with Gasteiger partial charge in [0.25, 0.3) is 5.91 Å². The lowest BCUT2D eigenvalue weighted by molar-refractivity contribution is -0.138. The second kappa shape index (κ2) is 6.67. The molecule has 0 radical (unpaired) electrons. The maximum absolute atomic E-state index is 13.3. The molecule has 4 saturated heterocycles. The van der Waals surface area contributed by atoms with E-state index >= 15 is 0 Å². The zero-order valence-electron chi connectivity index (χ0n) is 14.7. The highest BCUT2D eigenvalue weighted by molar-refractivity contribution is 6.00. The number of anilines is 1. The minimum atomic E-state index is -0.0525. The Hall–Kier alpha value is -2.08. The van der Waals surface area contributed by atoms with Crippen molar-refractivity contribution in [2.24, 2.45) is 5.92 Å². The van der Waals surface area contributed by atoms with Crippen LogP contribution in [0.3, 0.4) is 0 Å². The van der Waals surface area contributed by atoms with Crippen molar-refractivity contribution in [1.82, 2.24) is 9.80 Å². The van der Waals surface area contributed by atoms with Crippen LogP contribution in [0.4, 0.5) is 5.69 Å². The Morgan fingerprint density at radius 1 is 1.12 bits per heavy atom. The molecule has 2 bridgehead atoms. The second-order valence-corrected chi connectivity index (χ2v) is 7.20. The number of benzene rings is 1. The van der Waals surface area contributed by atoms with Crippen LogP contribution in [-0.4, -0.2) is 74.1 Å². The summed E-state index contributed by atoms with van der Waals surface area (Å²) >= 11 is 0. The first-order valence-electron chi connectivity index (χ1n) is 9.13. The molecular weight excluding hydrogens is 318 g/mol. The van der Waals surface area contributed by atoms with Crippen LogP contribution in [0.25, 0.3) is 0 Å². The Labute approximate surface area is 148 Å². The van der Waals surface area contributed by atoms with Gasteiger partial charge >= 0.3 is 0 Å². The molecule has 0 saturated carbocycles. The van der Waals surface area contributed by atoms with Gasteiger partial charge < -0.3 is 19.4 Å². The van der Waals surface area contributed by atoms with Crippen molar-refractivity contribution in [2.45, 2.75) is 18.9 Å². The van der Waals surface area contributed by atoms with Crippen molar-refractivity contribution in [3.8, 4) is 0 Å². The summed E-state index contributed by atoms with van der Waals surface area (Å²) in [7, 11) is 1.87. The van der Waals surface area contributed by atoms with Gasteiger partial charge in [-0.15, -0.1) is 0 Å². The summed E-state index contributed by atoms with van der Waals surface area (Å²) < 4.78 is 5.43. The largest absolute Gasteiger partial charge is 0.378 e. The van der Waals surface area contributed by atoms with Gasteiger partial charge in [-0.05, 0) is 25.0 Å². The van der Waals surface area contributed by atoms with Crippen LogP contribution in [0.15, 0.2) is 24.3 Å². The van der Waals surface area contributed by atoms with Gasteiger partial charge in [0.2, 0.25) is 5.91 Å². The van der Waals surface area contributed by atoms with Crippen molar-refractivity contribution in [3.05, 3.63) is 29.8 Å². The summed E-state index contributed by atoms with van der Waals surface area (Å²) in [6.07, 6.45) is 1.88. The van der Waals surface area contributed by atoms with Crippen molar-refractivity contribution >= 4 is 17.5 Å². The van der Waals surface area contributed by atoms with Gasteiger partial charge in [0, 0.05) is 45.0 Å². The van der Waals surface area contributed by atoms with E-state index in [1.807, 2.05) is 41.1 Å². The van der Waals surface area contributed by atoms with Crippen molar-refractivity contribution < 1.29 is 14.3 Å². The molecular formula is C19H25N3O3. The van der Waals surface area contributed by atoms with Gasteiger partial charge in [-0.2, -0.15) is 0 Å². The number of carbonyl (C=O) groups is 2. The number of rotatable bonds is 2. The summed E-state index contributed by atoms with van der Waals surface area (Å²) in [5.74, 6) is 0.179. The molecule has 0 aliphatic carbocycles. The zero-order chi connectivity index (χ0) is 17.4. The van der Waals surface area contributed by atoms with Crippen LogP contribution < -0.4 is 4.90 Å². The smallest absolute Gasteiger partial charge is 0.256 e. The summed E-state index contributed by atoms with van der Waals surface area (Å²) in [4.78, 5) is 31.6. The first kappa shape index (κ1) is 16.4. The van der Waals surface area contributed by atoms with Gasteiger partial charge in [0.15, 0.2) is 0 Å². The molecule has 4 aliphatic heterocycles. The molecule has 2 amide bonds. The van der Waals surface area contributed by atoms with Crippen molar-refractivity contribution in [2.75, 3.05) is 51.3 Å². The summed E-state index contributed by atoms with van der Waals surface area (Å²) in [5.41, 5.74) is 1.72. The lowest BCUT2D eigenvalue weighted by atomic mass is 9.95. The van der Waals surface area contributed by atoms with Crippen LogP contribution in [0.1, 0.15) is 23.2 Å². The molecule has 4 heterocycles. The summed E-state index contributed by atoms with van der Waals surface area (Å²) in [5, 5.41) is 0. The minimum Gasteiger partial charge on any atom is -0.378 e. The molecule has 4 fully saturated rings. The highest BCUT2D eigenvalue weighted by Gasteiger charge is 2.40. The predicted octanol–water partition coefficient (Wildman–Crippen LogP) is 1.22. The number of fused-ring (bicyclic) bond motifs is 4. The van der Waals surface area contributed by atoms with E-state index in [2.05, 4.69) is 4.90 Å². The van der Waals surface area contributed by atoms with E-state index in [9.17, 15) is 9.59 Å². The van der Waals surface area contributed by atoms with Gasteiger partial charge in [-0.1, -0.05) is 12.1 Å². The van der Waals surface area contributed by atoms with Crippen LogP contribution in [0.5, 0.6) is 0 Å². The molecule has 0 aromatic heterocycles. The van der Waals surface area contributed by atoms with E-state index in [0.29, 0.717) is 26.3 Å². The van der Waals surface area contributed by atoms with Crippen molar-refractivity contribution in [3.63, 3.8) is 0 Å². The number of hydrogen-bond donors (Lipinski definition) is 0. The molecule has 4 aliphatic rings. The SMILES string of the molecule is CN1C(=O)[C@@H]2CC[C@H]1CN(C(=O)c1ccccc1N1CCOCC1)C2. The molecule has 0 spiro atoms. The van der Waals surface area contributed by atoms with Crippen LogP contribution in [0, 0.1) is 5.92 Å². The van der Waals surface area contributed by atoms with Crippen molar-refractivity contribution in [1.29, 1.82) is 0 Å². The number of morpholine rings is 1. The maximum atomic E-state index is 13.3. The average Bonchev–Trinajstić information content (AvgIpc) is 2.95. The fourth-order valence-corrected chi connectivity index (χ4v) is 4.23. The monoisotopic (exact) mass is 343 g/mol. The average molecular weight is 343 g/mol. The number of para-hydroxylation sites is 1. The molecule has 0 N–H and O–H groups in total. The van der Waals surface area contributed by atoms with Gasteiger partial charge in [-0.25, -0.2) is 0 Å². The van der Waals surface area contributed by atoms with Crippen LogP contribution >= 0.6 is 0 Å². The predicted molar refractivity (Wildman–Crippen MR) is 94.7 cm³/mol. The number of amides is 2. The lowest BCUT2D eigenvalue weighted by Gasteiger charge is -2.33. The molecule has 5 rings (SSSR count). The normalized spacial score (nSPS) is 26.8. The third-order valence-electron chi connectivity index (χ3n) is 5.74. The Kier molecular flexibility index (Phi) is 4.37. The fraction of sp³-hybridized carbons (Fsp3) is 0.579. The van der Waals surface area contributed by atoms with E-state index in [0.717, 1.165) is 37.2 Å². The molecule has 25 heavy (non-hydrogen) atoms. The number of nitrogens with zero attached hydrogens (tertiary/aromatic N) is 3. The van der Waals surface area contributed by atoms with E-state index in [-0.39, 0.29) is 23.8 Å². The van der Waals surface area contributed by atoms with Gasteiger partial charge in [0.1, 0.15) is 0 Å². The number of carbonyl (C=O) groups excluding carboxylic acids is 2. The van der Waals surface area contributed by atoms with E-state index in [1.165, 1.54) is 0 Å². The Morgan fingerprint density at radius 2 is 1.88 bits per heavy atom.